The standard InChI is InChI=1S/C23H27BO5/c1-16(26)21-11-6-10-19-14-20(24(28)29-23(19)21)15-22(27)18-9-5-8-17(13-18)7-3-2-4-12-25/h5-6,8-11,13,20,25,28H,2-4,7,12,14-15H2,1H3/t20-/m1/s1. The third-order valence-electron chi connectivity index (χ3n) is 5.42. The first-order chi connectivity index (χ1) is 14.0. The zero-order valence-electron chi connectivity index (χ0n) is 16.8. The van der Waals surface area contributed by atoms with Crippen molar-refractivity contribution in [1.29, 1.82) is 0 Å². The van der Waals surface area contributed by atoms with Crippen LogP contribution in [0.5, 0.6) is 5.75 Å². The zero-order valence-corrected chi connectivity index (χ0v) is 16.8. The van der Waals surface area contributed by atoms with Crippen molar-refractivity contribution < 1.29 is 24.4 Å². The van der Waals surface area contributed by atoms with Crippen LogP contribution in [0.25, 0.3) is 0 Å². The van der Waals surface area contributed by atoms with E-state index in [2.05, 4.69) is 0 Å². The van der Waals surface area contributed by atoms with Crippen LogP contribution in [-0.2, 0) is 12.8 Å². The van der Waals surface area contributed by atoms with Gasteiger partial charge in [-0.3, -0.25) is 9.59 Å². The summed E-state index contributed by atoms with van der Waals surface area (Å²) in [5.74, 6) is -0.0631. The monoisotopic (exact) mass is 394 g/mol. The Morgan fingerprint density at radius 1 is 1.14 bits per heavy atom. The van der Waals surface area contributed by atoms with Crippen LogP contribution in [0.2, 0.25) is 5.82 Å². The van der Waals surface area contributed by atoms with Crippen LogP contribution in [-0.4, -0.2) is 35.4 Å². The number of para-hydroxylation sites is 1. The average molecular weight is 394 g/mol. The van der Waals surface area contributed by atoms with E-state index in [9.17, 15) is 14.6 Å². The largest absolute Gasteiger partial charge is 0.535 e. The summed E-state index contributed by atoms with van der Waals surface area (Å²) in [6.45, 7) is 1.68. The van der Waals surface area contributed by atoms with Gasteiger partial charge in [0.25, 0.3) is 0 Å². The third-order valence-corrected chi connectivity index (χ3v) is 5.42. The van der Waals surface area contributed by atoms with Gasteiger partial charge in [0.1, 0.15) is 5.75 Å². The van der Waals surface area contributed by atoms with Crippen molar-refractivity contribution in [2.45, 2.75) is 51.3 Å². The van der Waals surface area contributed by atoms with Gasteiger partial charge in [0.05, 0.1) is 5.56 Å². The third kappa shape index (κ3) is 5.34. The molecule has 2 N–H and O–H groups in total. The van der Waals surface area contributed by atoms with E-state index < -0.39 is 7.12 Å². The Balaban J connectivity index is 1.67. The Bertz CT molecular complexity index is 879. The lowest BCUT2D eigenvalue weighted by Gasteiger charge is -2.28. The molecule has 152 valence electrons. The van der Waals surface area contributed by atoms with E-state index in [1.165, 1.54) is 6.92 Å². The molecular formula is C23H27BO5. The summed E-state index contributed by atoms with van der Waals surface area (Å²) in [7, 11) is -1.12. The van der Waals surface area contributed by atoms with E-state index in [0.717, 1.165) is 36.8 Å². The molecule has 5 nitrogen and oxygen atoms in total. The summed E-state index contributed by atoms with van der Waals surface area (Å²) in [6, 6.07) is 13.0. The number of hydrogen-bond acceptors (Lipinski definition) is 5. The molecule has 0 spiro atoms. The highest BCUT2D eigenvalue weighted by Gasteiger charge is 2.37. The van der Waals surface area contributed by atoms with Crippen molar-refractivity contribution in [3.8, 4) is 5.75 Å². The maximum Gasteiger partial charge on any atom is 0.526 e. The summed E-state index contributed by atoms with van der Waals surface area (Å²) >= 11 is 0. The predicted molar refractivity (Wildman–Crippen MR) is 113 cm³/mol. The molecule has 0 radical (unpaired) electrons. The van der Waals surface area contributed by atoms with Crippen molar-refractivity contribution in [3.63, 3.8) is 0 Å². The molecule has 0 amide bonds. The van der Waals surface area contributed by atoms with Gasteiger partial charge in [0, 0.05) is 24.4 Å². The second-order valence-corrected chi connectivity index (χ2v) is 7.68. The number of aryl methyl sites for hydroxylation is 1. The smallest absolute Gasteiger partial charge is 0.526 e. The van der Waals surface area contributed by atoms with E-state index in [0.29, 0.717) is 23.3 Å². The number of hydrogen-bond donors (Lipinski definition) is 2. The second kappa shape index (κ2) is 9.85. The number of carbonyl (C=O) groups is 2. The number of fused-ring (bicyclic) bond motifs is 1. The molecule has 6 heteroatoms. The summed E-state index contributed by atoms with van der Waals surface area (Å²) in [4.78, 5) is 24.6. The SMILES string of the molecule is CC(=O)c1cccc2c1OB(O)[C@@H](CC(=O)c1cccc(CCCCCO)c1)C2. The molecule has 1 aliphatic rings. The minimum absolute atomic E-state index is 0.0268. The number of aliphatic hydroxyl groups is 1. The number of unbranched alkanes of at least 4 members (excludes halogenated alkanes) is 2. The highest BCUT2D eigenvalue weighted by Crippen LogP contribution is 2.36. The molecule has 0 fully saturated rings. The van der Waals surface area contributed by atoms with Crippen LogP contribution in [0.1, 0.15) is 64.4 Å². The lowest BCUT2D eigenvalue weighted by atomic mass is 9.64. The van der Waals surface area contributed by atoms with Crippen LogP contribution in [0.15, 0.2) is 42.5 Å². The minimum atomic E-state index is -1.12. The number of aliphatic hydroxyl groups excluding tert-OH is 1. The Labute approximate surface area is 171 Å². The van der Waals surface area contributed by atoms with Crippen LogP contribution in [0.4, 0.5) is 0 Å². The van der Waals surface area contributed by atoms with Gasteiger partial charge in [-0.25, -0.2) is 0 Å². The maximum atomic E-state index is 12.8. The van der Waals surface area contributed by atoms with Gasteiger partial charge < -0.3 is 14.8 Å². The highest BCUT2D eigenvalue weighted by molar-refractivity contribution is 6.47. The zero-order chi connectivity index (χ0) is 20.8. The van der Waals surface area contributed by atoms with Gasteiger partial charge >= 0.3 is 7.12 Å². The lowest BCUT2D eigenvalue weighted by Crippen LogP contribution is -2.35. The van der Waals surface area contributed by atoms with Crippen molar-refractivity contribution in [2.75, 3.05) is 6.61 Å². The first kappa shape index (κ1) is 21.3. The van der Waals surface area contributed by atoms with E-state index in [-0.39, 0.29) is 30.4 Å². The second-order valence-electron chi connectivity index (χ2n) is 7.68. The fraction of sp³-hybridized carbons (Fsp3) is 0.391. The Morgan fingerprint density at radius 2 is 1.93 bits per heavy atom. The van der Waals surface area contributed by atoms with Crippen molar-refractivity contribution in [2.24, 2.45) is 0 Å². The molecule has 0 aromatic heterocycles. The van der Waals surface area contributed by atoms with Crippen molar-refractivity contribution >= 4 is 18.7 Å². The first-order valence-corrected chi connectivity index (χ1v) is 10.2. The highest BCUT2D eigenvalue weighted by atomic mass is 16.5. The molecule has 2 aromatic rings. The van der Waals surface area contributed by atoms with Crippen LogP contribution < -0.4 is 4.65 Å². The fourth-order valence-corrected chi connectivity index (χ4v) is 3.81. The maximum absolute atomic E-state index is 12.8. The fourth-order valence-electron chi connectivity index (χ4n) is 3.81. The molecule has 0 saturated carbocycles. The molecular weight excluding hydrogens is 367 g/mol. The summed E-state index contributed by atoms with van der Waals surface area (Å²) < 4.78 is 5.64. The van der Waals surface area contributed by atoms with Gasteiger partial charge in [0.2, 0.25) is 0 Å². The molecule has 2 aromatic carbocycles. The van der Waals surface area contributed by atoms with Gasteiger partial charge in [-0.15, -0.1) is 0 Å². The van der Waals surface area contributed by atoms with Gasteiger partial charge in [0.15, 0.2) is 11.6 Å². The average Bonchev–Trinajstić information content (AvgIpc) is 2.71. The van der Waals surface area contributed by atoms with Crippen molar-refractivity contribution in [1.82, 2.24) is 0 Å². The lowest BCUT2D eigenvalue weighted by molar-refractivity contribution is 0.0971. The number of ketones is 2. The number of Topliss-reactive ketones (excluding diaryl/α,β-unsaturated/α-hetero) is 2. The molecule has 29 heavy (non-hydrogen) atoms. The van der Waals surface area contributed by atoms with Crippen LogP contribution in [0, 0.1) is 0 Å². The first-order valence-electron chi connectivity index (χ1n) is 10.2. The molecule has 0 bridgehead atoms. The van der Waals surface area contributed by atoms with Gasteiger partial charge in [-0.05, 0) is 55.9 Å². The van der Waals surface area contributed by atoms with Gasteiger partial charge in [-0.2, -0.15) is 0 Å². The van der Waals surface area contributed by atoms with Crippen LogP contribution >= 0.6 is 0 Å². The topological polar surface area (TPSA) is 83.8 Å². The van der Waals surface area contributed by atoms with E-state index in [1.54, 1.807) is 18.2 Å². The molecule has 0 saturated heterocycles. The van der Waals surface area contributed by atoms with E-state index >= 15 is 0 Å². The minimum Gasteiger partial charge on any atom is -0.535 e. The van der Waals surface area contributed by atoms with E-state index in [4.69, 9.17) is 9.76 Å². The Hall–Kier alpha value is -2.44. The van der Waals surface area contributed by atoms with Gasteiger partial charge in [-0.1, -0.05) is 36.8 Å². The quantitative estimate of drug-likeness (QED) is 0.385. The number of benzene rings is 2. The number of carbonyl (C=O) groups excluding carboxylic acids is 2. The predicted octanol–water partition coefficient (Wildman–Crippen LogP) is 3.65. The Morgan fingerprint density at radius 3 is 2.69 bits per heavy atom. The van der Waals surface area contributed by atoms with Crippen LogP contribution in [0.3, 0.4) is 0 Å². The molecule has 1 aliphatic heterocycles. The van der Waals surface area contributed by atoms with E-state index in [1.807, 2.05) is 24.3 Å². The summed E-state index contributed by atoms with van der Waals surface area (Å²) in [6.07, 6.45) is 4.27. The molecule has 0 unspecified atom stereocenters. The molecule has 3 rings (SSSR count). The summed E-state index contributed by atoms with van der Waals surface area (Å²) in [5, 5.41) is 19.3. The molecule has 0 aliphatic carbocycles. The summed E-state index contributed by atoms with van der Waals surface area (Å²) in [5.41, 5.74) is 3.05. The number of rotatable bonds is 9. The molecule has 1 atom stereocenters. The molecule has 1 heterocycles. The van der Waals surface area contributed by atoms with Crippen molar-refractivity contribution in [3.05, 3.63) is 64.7 Å². The Kier molecular flexibility index (Phi) is 7.23. The normalized spacial score (nSPS) is 15.6.